The number of imidazole rings is 1. The van der Waals surface area contributed by atoms with Gasteiger partial charge in [0, 0.05) is 25.7 Å². The number of allylic oxidation sites excluding steroid dienone is 1. The van der Waals surface area contributed by atoms with Gasteiger partial charge in [0.05, 0.1) is 5.69 Å². The minimum atomic E-state index is -0.101. The third-order valence-corrected chi connectivity index (χ3v) is 5.44. The number of carbonyl (C=O) groups excluding carboxylic acids is 2. The van der Waals surface area contributed by atoms with E-state index in [1.165, 1.54) is 31.3 Å². The van der Waals surface area contributed by atoms with Gasteiger partial charge in [-0.2, -0.15) is 0 Å². The molecule has 0 aromatic carbocycles. The van der Waals surface area contributed by atoms with Gasteiger partial charge in [0.25, 0.3) is 5.91 Å². The Morgan fingerprint density at radius 1 is 1.10 bits per heavy atom. The molecule has 6 nitrogen and oxygen atoms in total. The third-order valence-electron chi connectivity index (χ3n) is 5.44. The van der Waals surface area contributed by atoms with E-state index in [9.17, 15) is 9.59 Å². The first-order valence-corrected chi connectivity index (χ1v) is 10.8. The van der Waals surface area contributed by atoms with E-state index in [1.807, 2.05) is 35.7 Å². The van der Waals surface area contributed by atoms with Gasteiger partial charge in [-0.05, 0) is 64.0 Å². The van der Waals surface area contributed by atoms with E-state index in [-0.39, 0.29) is 11.8 Å². The highest BCUT2D eigenvalue weighted by Crippen LogP contribution is 2.19. The largest absolute Gasteiger partial charge is 0.356 e. The summed E-state index contributed by atoms with van der Waals surface area (Å²) in [4.78, 5) is 28.8. The monoisotopic (exact) mass is 396 g/mol. The number of fused-ring (bicyclic) bond motifs is 1. The summed E-state index contributed by atoms with van der Waals surface area (Å²) in [5.74, 6) is 0.0303. The number of pyridine rings is 1. The smallest absolute Gasteiger partial charge is 0.270 e. The fraction of sp³-hybridized carbons (Fsp3) is 0.522. The van der Waals surface area contributed by atoms with Gasteiger partial charge < -0.3 is 10.6 Å². The van der Waals surface area contributed by atoms with Gasteiger partial charge in [-0.1, -0.05) is 24.1 Å². The molecule has 0 saturated carbocycles. The number of nitrogens with one attached hydrogen (secondary N) is 2. The Labute approximate surface area is 172 Å². The van der Waals surface area contributed by atoms with Crippen LogP contribution in [0, 0.1) is 6.92 Å². The van der Waals surface area contributed by atoms with E-state index in [0.29, 0.717) is 18.7 Å². The van der Waals surface area contributed by atoms with E-state index in [4.69, 9.17) is 0 Å². The molecule has 0 bridgehead atoms. The van der Waals surface area contributed by atoms with Crippen molar-refractivity contribution < 1.29 is 9.59 Å². The minimum Gasteiger partial charge on any atom is -0.356 e. The average molecular weight is 397 g/mol. The summed E-state index contributed by atoms with van der Waals surface area (Å²) in [6, 6.07) is 5.69. The molecule has 29 heavy (non-hydrogen) atoms. The Morgan fingerprint density at radius 2 is 2.00 bits per heavy atom. The molecule has 1 aliphatic rings. The summed E-state index contributed by atoms with van der Waals surface area (Å²) < 4.78 is 1.82. The first-order chi connectivity index (χ1) is 14.1. The highest BCUT2D eigenvalue weighted by atomic mass is 16.2. The van der Waals surface area contributed by atoms with E-state index in [2.05, 4.69) is 21.7 Å². The van der Waals surface area contributed by atoms with Gasteiger partial charge >= 0.3 is 0 Å². The SMILES string of the molecule is Cc1nc2ccccn2c1C(=O)NCCCCCC(=O)NCCC1=CCCCC1. The maximum atomic E-state index is 12.5. The molecule has 2 aromatic heterocycles. The first-order valence-electron chi connectivity index (χ1n) is 10.8. The zero-order chi connectivity index (χ0) is 20.5. The van der Waals surface area contributed by atoms with Crippen LogP contribution in [0.3, 0.4) is 0 Å². The highest BCUT2D eigenvalue weighted by Gasteiger charge is 2.15. The Bertz CT molecular complexity index is 869. The summed E-state index contributed by atoms with van der Waals surface area (Å²) in [5, 5.41) is 5.99. The van der Waals surface area contributed by atoms with Crippen LogP contribution in [0.1, 0.15) is 74.0 Å². The van der Waals surface area contributed by atoms with Crippen molar-refractivity contribution in [2.24, 2.45) is 0 Å². The normalized spacial score (nSPS) is 13.9. The van der Waals surface area contributed by atoms with Crippen molar-refractivity contribution in [3.05, 3.63) is 47.4 Å². The summed E-state index contributed by atoms with van der Waals surface area (Å²) >= 11 is 0. The zero-order valence-corrected chi connectivity index (χ0v) is 17.4. The fourth-order valence-electron chi connectivity index (χ4n) is 3.84. The van der Waals surface area contributed by atoms with E-state index in [1.54, 1.807) is 0 Å². The van der Waals surface area contributed by atoms with Gasteiger partial charge in [0.2, 0.25) is 5.91 Å². The first kappa shape index (κ1) is 21.1. The Hall–Kier alpha value is -2.63. The van der Waals surface area contributed by atoms with Crippen molar-refractivity contribution in [3.8, 4) is 0 Å². The summed E-state index contributed by atoms with van der Waals surface area (Å²) in [7, 11) is 0. The molecule has 2 amide bonds. The minimum absolute atomic E-state index is 0.101. The van der Waals surface area contributed by atoms with Crippen molar-refractivity contribution in [3.63, 3.8) is 0 Å². The van der Waals surface area contributed by atoms with Gasteiger partial charge in [-0.3, -0.25) is 14.0 Å². The van der Waals surface area contributed by atoms with E-state index >= 15 is 0 Å². The molecule has 156 valence electrons. The molecular weight excluding hydrogens is 364 g/mol. The predicted octanol–water partition coefficient (Wildman–Crippen LogP) is 3.94. The second-order valence-electron chi connectivity index (χ2n) is 7.75. The second-order valence-corrected chi connectivity index (χ2v) is 7.75. The molecule has 6 heteroatoms. The van der Waals surface area contributed by atoms with Crippen LogP contribution < -0.4 is 10.6 Å². The standard InChI is InChI=1S/C23H32N4O2/c1-18-22(27-17-9-7-12-20(27)26-18)23(29)25-15-8-3-6-13-21(28)24-16-14-19-10-4-2-5-11-19/h7,9-10,12,17H,2-6,8,11,13-16H2,1H3,(H,24,28)(H,25,29). The average Bonchev–Trinajstić information content (AvgIpc) is 3.07. The van der Waals surface area contributed by atoms with Crippen LogP contribution in [0.5, 0.6) is 0 Å². The number of aromatic nitrogens is 2. The predicted molar refractivity (Wildman–Crippen MR) is 115 cm³/mol. The topological polar surface area (TPSA) is 75.5 Å². The fourth-order valence-corrected chi connectivity index (χ4v) is 3.84. The van der Waals surface area contributed by atoms with Crippen molar-refractivity contribution in [2.75, 3.05) is 13.1 Å². The lowest BCUT2D eigenvalue weighted by molar-refractivity contribution is -0.121. The molecule has 0 fully saturated rings. The number of rotatable bonds is 10. The molecule has 2 N–H and O–H groups in total. The molecule has 1 aliphatic carbocycles. The van der Waals surface area contributed by atoms with Crippen LogP contribution in [-0.2, 0) is 4.79 Å². The molecular formula is C23H32N4O2. The van der Waals surface area contributed by atoms with Gasteiger partial charge in [-0.25, -0.2) is 4.98 Å². The van der Waals surface area contributed by atoms with Crippen molar-refractivity contribution in [1.29, 1.82) is 0 Å². The van der Waals surface area contributed by atoms with Gasteiger partial charge in [0.1, 0.15) is 11.3 Å². The quantitative estimate of drug-likeness (QED) is 0.472. The van der Waals surface area contributed by atoms with Crippen LogP contribution in [0.4, 0.5) is 0 Å². The molecule has 0 atom stereocenters. The van der Waals surface area contributed by atoms with E-state index < -0.39 is 0 Å². The van der Waals surface area contributed by atoms with Gasteiger partial charge in [-0.15, -0.1) is 0 Å². The number of aryl methyl sites for hydroxylation is 1. The highest BCUT2D eigenvalue weighted by molar-refractivity contribution is 5.94. The van der Waals surface area contributed by atoms with Crippen LogP contribution in [0.15, 0.2) is 36.0 Å². The van der Waals surface area contributed by atoms with Gasteiger partial charge in [0.15, 0.2) is 0 Å². The molecule has 2 aromatic rings. The maximum absolute atomic E-state index is 12.5. The van der Waals surface area contributed by atoms with E-state index in [0.717, 1.165) is 43.6 Å². The summed E-state index contributed by atoms with van der Waals surface area (Å²) in [5.41, 5.74) is 3.59. The number of hydrogen-bond acceptors (Lipinski definition) is 3. The maximum Gasteiger partial charge on any atom is 0.270 e. The number of carbonyl (C=O) groups is 2. The molecule has 0 saturated heterocycles. The third kappa shape index (κ3) is 6.17. The van der Waals surface area contributed by atoms with Crippen LogP contribution in [0.2, 0.25) is 0 Å². The Morgan fingerprint density at radius 3 is 2.83 bits per heavy atom. The van der Waals surface area contributed by atoms with Crippen LogP contribution in [0.25, 0.3) is 5.65 Å². The Kier molecular flexibility index (Phi) is 7.85. The lowest BCUT2D eigenvalue weighted by Gasteiger charge is -2.12. The van der Waals surface area contributed by atoms with Crippen LogP contribution in [-0.4, -0.2) is 34.3 Å². The number of nitrogens with zero attached hydrogens (tertiary/aromatic N) is 2. The number of unbranched alkanes of at least 4 members (excludes halogenated alkanes) is 2. The van der Waals surface area contributed by atoms with Crippen LogP contribution >= 0.6 is 0 Å². The number of amides is 2. The number of hydrogen-bond donors (Lipinski definition) is 2. The van der Waals surface area contributed by atoms with Crippen molar-refractivity contribution in [2.45, 2.75) is 64.7 Å². The molecule has 0 unspecified atom stereocenters. The van der Waals surface area contributed by atoms with Crippen molar-refractivity contribution >= 4 is 17.5 Å². The van der Waals surface area contributed by atoms with Crippen molar-refractivity contribution in [1.82, 2.24) is 20.0 Å². The molecule has 2 heterocycles. The summed E-state index contributed by atoms with van der Waals surface area (Å²) in [6.45, 7) is 3.21. The lowest BCUT2D eigenvalue weighted by Crippen LogP contribution is -2.26. The lowest BCUT2D eigenvalue weighted by atomic mass is 9.97. The molecule has 3 rings (SSSR count). The molecule has 0 radical (unpaired) electrons. The summed E-state index contributed by atoms with van der Waals surface area (Å²) in [6.07, 6.45) is 13.3. The Balaban J connectivity index is 1.28. The molecule has 0 aliphatic heterocycles. The second kappa shape index (κ2) is 10.8. The zero-order valence-electron chi connectivity index (χ0n) is 17.4. The molecule has 0 spiro atoms.